The second-order valence-corrected chi connectivity index (χ2v) is 5.72. The summed E-state index contributed by atoms with van der Waals surface area (Å²) >= 11 is 0. The topological polar surface area (TPSA) is 87.7 Å². The van der Waals surface area contributed by atoms with Gasteiger partial charge in [0.15, 0.2) is 0 Å². The monoisotopic (exact) mass is 293 g/mol. The van der Waals surface area contributed by atoms with Gasteiger partial charge in [-0.05, 0) is 18.9 Å². The molecular weight excluding hydrogens is 270 g/mol. The molecule has 0 spiro atoms. The molecule has 0 bridgehead atoms. The molecule has 2 fully saturated rings. The van der Waals surface area contributed by atoms with Crippen molar-refractivity contribution in [3.05, 3.63) is 12.3 Å². The maximum absolute atomic E-state index is 10.3. The molecule has 0 aromatic carbocycles. The lowest BCUT2D eigenvalue weighted by atomic mass is 10.1. The third-order valence-corrected chi connectivity index (χ3v) is 4.19. The van der Waals surface area contributed by atoms with Crippen LogP contribution < -0.4 is 10.6 Å². The van der Waals surface area contributed by atoms with Gasteiger partial charge in [0.1, 0.15) is 5.82 Å². The summed E-state index contributed by atoms with van der Waals surface area (Å²) in [6.07, 6.45) is 3.34. The summed E-state index contributed by atoms with van der Waals surface area (Å²) in [5, 5.41) is 10.3. The second kappa shape index (κ2) is 6.55. The number of ether oxygens (including phenoxy) is 1. The van der Waals surface area contributed by atoms with Gasteiger partial charge in [0.05, 0.1) is 6.10 Å². The molecule has 3 rings (SSSR count). The maximum atomic E-state index is 10.3. The van der Waals surface area contributed by atoms with Crippen LogP contribution in [0, 0.1) is 0 Å². The van der Waals surface area contributed by atoms with Gasteiger partial charge in [-0.1, -0.05) is 0 Å². The van der Waals surface area contributed by atoms with Crippen LogP contribution in [0.15, 0.2) is 12.3 Å². The number of rotatable bonds is 2. The Morgan fingerprint density at radius 1 is 1.24 bits per heavy atom. The fourth-order valence-corrected chi connectivity index (χ4v) is 3.09. The first kappa shape index (κ1) is 14.5. The highest BCUT2D eigenvalue weighted by atomic mass is 16.5. The lowest BCUT2D eigenvalue weighted by molar-refractivity contribution is 0.0219. The van der Waals surface area contributed by atoms with Gasteiger partial charge >= 0.3 is 0 Å². The van der Waals surface area contributed by atoms with E-state index in [9.17, 15) is 5.11 Å². The second-order valence-electron chi connectivity index (χ2n) is 5.72. The largest absolute Gasteiger partial charge is 0.390 e. The van der Waals surface area contributed by atoms with E-state index in [-0.39, 0.29) is 0 Å². The van der Waals surface area contributed by atoms with Crippen LogP contribution >= 0.6 is 0 Å². The number of hydrogen-bond acceptors (Lipinski definition) is 7. The molecule has 0 aliphatic carbocycles. The van der Waals surface area contributed by atoms with Gasteiger partial charge in [0, 0.05) is 51.6 Å². The number of nitrogens with two attached hydrogens (primary N) is 1. The summed E-state index contributed by atoms with van der Waals surface area (Å²) in [7, 11) is 0. The zero-order valence-electron chi connectivity index (χ0n) is 12.2. The van der Waals surface area contributed by atoms with Gasteiger partial charge in [-0.15, -0.1) is 0 Å². The van der Waals surface area contributed by atoms with Crippen molar-refractivity contribution in [1.82, 2.24) is 14.9 Å². The van der Waals surface area contributed by atoms with Gasteiger partial charge in [-0.2, -0.15) is 4.98 Å². The van der Waals surface area contributed by atoms with Crippen molar-refractivity contribution < 1.29 is 9.84 Å². The summed E-state index contributed by atoms with van der Waals surface area (Å²) in [5.41, 5.74) is 5.72. The first-order valence-corrected chi connectivity index (χ1v) is 7.55. The SMILES string of the molecule is Nc1ccnc(N2CCN(C3CCOCC3)C[C@@H](O)C2)n1. The fourth-order valence-electron chi connectivity index (χ4n) is 3.09. The Kier molecular flexibility index (Phi) is 4.52. The summed E-state index contributed by atoms with van der Waals surface area (Å²) < 4.78 is 5.42. The van der Waals surface area contributed by atoms with Crippen LogP contribution in [0.5, 0.6) is 0 Å². The van der Waals surface area contributed by atoms with Crippen LogP contribution in [0.4, 0.5) is 11.8 Å². The minimum atomic E-state index is -0.402. The lowest BCUT2D eigenvalue weighted by Gasteiger charge is -2.33. The highest BCUT2D eigenvalue weighted by Gasteiger charge is 2.28. The summed E-state index contributed by atoms with van der Waals surface area (Å²) in [5.74, 6) is 1.06. The van der Waals surface area contributed by atoms with E-state index in [1.807, 2.05) is 4.90 Å². The van der Waals surface area contributed by atoms with Crippen molar-refractivity contribution in [2.45, 2.75) is 25.0 Å². The van der Waals surface area contributed by atoms with Crippen LogP contribution in [0.3, 0.4) is 0 Å². The molecule has 3 N–H and O–H groups in total. The zero-order valence-corrected chi connectivity index (χ0v) is 12.2. The number of β-amino-alcohol motifs (C(OH)–C–C–N with tert-alkyl or cyclic N) is 1. The number of anilines is 2. The number of hydrogen-bond donors (Lipinski definition) is 2. The van der Waals surface area contributed by atoms with Crippen molar-refractivity contribution in [3.63, 3.8) is 0 Å². The van der Waals surface area contributed by atoms with Gasteiger partial charge in [0.25, 0.3) is 0 Å². The Morgan fingerprint density at radius 3 is 2.81 bits per heavy atom. The molecular formula is C14H23N5O2. The number of aromatic nitrogens is 2. The molecule has 7 nitrogen and oxygen atoms in total. The molecule has 0 saturated carbocycles. The molecule has 0 radical (unpaired) electrons. The Hall–Kier alpha value is -1.44. The van der Waals surface area contributed by atoms with E-state index in [0.29, 0.717) is 30.9 Å². The molecule has 7 heteroatoms. The summed E-state index contributed by atoms with van der Waals surface area (Å²) in [4.78, 5) is 12.9. The van der Waals surface area contributed by atoms with Crippen molar-refractivity contribution in [2.24, 2.45) is 0 Å². The maximum Gasteiger partial charge on any atom is 0.227 e. The molecule has 2 aliphatic rings. The molecule has 116 valence electrons. The highest BCUT2D eigenvalue weighted by molar-refractivity contribution is 5.38. The predicted molar refractivity (Wildman–Crippen MR) is 80.1 cm³/mol. The molecule has 1 aromatic rings. The summed E-state index contributed by atoms with van der Waals surface area (Å²) in [6, 6.07) is 2.18. The lowest BCUT2D eigenvalue weighted by Crippen LogP contribution is -2.43. The molecule has 21 heavy (non-hydrogen) atoms. The molecule has 0 unspecified atom stereocenters. The van der Waals surface area contributed by atoms with E-state index in [0.717, 1.165) is 39.1 Å². The zero-order chi connectivity index (χ0) is 14.7. The van der Waals surface area contributed by atoms with E-state index in [4.69, 9.17) is 10.5 Å². The van der Waals surface area contributed by atoms with Crippen LogP contribution in [-0.4, -0.2) is 71.5 Å². The van der Waals surface area contributed by atoms with E-state index < -0.39 is 6.10 Å². The van der Waals surface area contributed by atoms with E-state index in [1.54, 1.807) is 12.3 Å². The molecule has 0 amide bonds. The Morgan fingerprint density at radius 2 is 2.05 bits per heavy atom. The van der Waals surface area contributed by atoms with Crippen LogP contribution in [0.2, 0.25) is 0 Å². The third-order valence-electron chi connectivity index (χ3n) is 4.19. The van der Waals surface area contributed by atoms with Crippen LogP contribution in [0.25, 0.3) is 0 Å². The first-order valence-electron chi connectivity index (χ1n) is 7.55. The van der Waals surface area contributed by atoms with Gasteiger partial charge in [-0.3, -0.25) is 4.90 Å². The number of nitrogen functional groups attached to an aromatic ring is 1. The normalized spacial score (nSPS) is 25.8. The molecule has 3 heterocycles. The van der Waals surface area contributed by atoms with Crippen molar-refractivity contribution in [1.29, 1.82) is 0 Å². The average molecular weight is 293 g/mol. The van der Waals surface area contributed by atoms with Gasteiger partial charge in [-0.25, -0.2) is 4.98 Å². The van der Waals surface area contributed by atoms with E-state index in [1.165, 1.54) is 0 Å². The first-order chi connectivity index (χ1) is 10.2. The molecule has 2 aliphatic heterocycles. The predicted octanol–water partition coefficient (Wildman–Crippen LogP) is -0.279. The van der Waals surface area contributed by atoms with Crippen molar-refractivity contribution in [2.75, 3.05) is 50.0 Å². The minimum Gasteiger partial charge on any atom is -0.390 e. The standard InChI is InChI=1S/C14H23N5O2/c15-13-1-4-16-14(17-13)19-6-5-18(9-12(20)10-19)11-2-7-21-8-3-11/h1,4,11-12,20H,2-3,5-10H2,(H2,15,16,17)/t12-/m1/s1. The Labute approximate surface area is 124 Å². The fraction of sp³-hybridized carbons (Fsp3) is 0.714. The van der Waals surface area contributed by atoms with E-state index >= 15 is 0 Å². The van der Waals surface area contributed by atoms with Crippen molar-refractivity contribution in [3.8, 4) is 0 Å². The van der Waals surface area contributed by atoms with Gasteiger partial charge < -0.3 is 20.5 Å². The summed E-state index contributed by atoms with van der Waals surface area (Å²) in [6.45, 7) is 4.59. The highest BCUT2D eigenvalue weighted by Crippen LogP contribution is 2.18. The number of aliphatic hydroxyl groups excluding tert-OH is 1. The third kappa shape index (κ3) is 3.61. The minimum absolute atomic E-state index is 0.402. The van der Waals surface area contributed by atoms with Crippen LogP contribution in [-0.2, 0) is 4.74 Å². The Bertz CT molecular complexity index is 466. The van der Waals surface area contributed by atoms with E-state index in [2.05, 4.69) is 14.9 Å². The average Bonchev–Trinajstić information content (AvgIpc) is 2.70. The molecule has 1 atom stereocenters. The quantitative estimate of drug-likeness (QED) is 0.775. The number of aliphatic hydroxyl groups is 1. The van der Waals surface area contributed by atoms with Crippen molar-refractivity contribution >= 4 is 11.8 Å². The smallest absolute Gasteiger partial charge is 0.227 e. The number of nitrogens with zero attached hydrogens (tertiary/aromatic N) is 4. The molecule has 2 saturated heterocycles. The van der Waals surface area contributed by atoms with Gasteiger partial charge in [0.2, 0.25) is 5.95 Å². The Balaban J connectivity index is 1.67. The van der Waals surface area contributed by atoms with Crippen LogP contribution in [0.1, 0.15) is 12.8 Å². The molecule has 1 aromatic heterocycles.